The van der Waals surface area contributed by atoms with Crippen LogP contribution in [0.3, 0.4) is 0 Å². The highest BCUT2D eigenvalue weighted by molar-refractivity contribution is 9.10. The third-order valence-electron chi connectivity index (χ3n) is 2.89. The zero-order chi connectivity index (χ0) is 15.4. The second-order valence-corrected chi connectivity index (χ2v) is 5.37. The zero-order valence-electron chi connectivity index (χ0n) is 11.4. The van der Waals surface area contributed by atoms with E-state index in [1.807, 2.05) is 30.3 Å². The number of carbonyl (C=O) groups excluding carboxylic acids is 1. The van der Waals surface area contributed by atoms with Gasteiger partial charge in [-0.25, -0.2) is 4.79 Å². The van der Waals surface area contributed by atoms with Crippen molar-refractivity contribution in [1.82, 2.24) is 10.2 Å². The first-order chi connectivity index (χ1) is 10.7. The molecule has 22 heavy (non-hydrogen) atoms. The molecule has 0 atom stereocenters. The van der Waals surface area contributed by atoms with Crippen molar-refractivity contribution >= 4 is 21.9 Å². The summed E-state index contributed by atoms with van der Waals surface area (Å²) in [5, 5.41) is 7.81. The maximum atomic E-state index is 11.9. The second-order valence-electron chi connectivity index (χ2n) is 4.45. The number of carbonyl (C=O) groups is 1. The summed E-state index contributed by atoms with van der Waals surface area (Å²) in [4.78, 5) is 11.9. The first-order valence-corrected chi connectivity index (χ1v) is 7.32. The number of esters is 1. The molecule has 0 spiro atoms. The van der Waals surface area contributed by atoms with Crippen LogP contribution in [-0.2, 0) is 11.3 Å². The van der Waals surface area contributed by atoms with Crippen molar-refractivity contribution in [2.45, 2.75) is 6.61 Å². The van der Waals surface area contributed by atoms with E-state index in [0.717, 1.165) is 10.0 Å². The van der Waals surface area contributed by atoms with Gasteiger partial charge in [-0.15, -0.1) is 10.2 Å². The van der Waals surface area contributed by atoms with Crippen LogP contribution in [0, 0.1) is 0 Å². The highest BCUT2D eigenvalue weighted by Gasteiger charge is 2.12. The molecule has 1 aromatic heterocycles. The van der Waals surface area contributed by atoms with Gasteiger partial charge in [0.2, 0.25) is 5.89 Å². The summed E-state index contributed by atoms with van der Waals surface area (Å²) in [6, 6.07) is 16.3. The van der Waals surface area contributed by atoms with Crippen molar-refractivity contribution < 1.29 is 13.9 Å². The SMILES string of the molecule is O=C(OCc1nnc(-c2ccccc2)o1)c1ccc(Br)cc1. The van der Waals surface area contributed by atoms with Crippen LogP contribution in [0.25, 0.3) is 11.5 Å². The molecule has 0 fully saturated rings. The van der Waals surface area contributed by atoms with Crippen molar-refractivity contribution in [3.63, 3.8) is 0 Å². The maximum absolute atomic E-state index is 11.9. The fourth-order valence-electron chi connectivity index (χ4n) is 1.81. The molecule has 0 amide bonds. The van der Waals surface area contributed by atoms with Gasteiger partial charge < -0.3 is 9.15 Å². The topological polar surface area (TPSA) is 65.2 Å². The summed E-state index contributed by atoms with van der Waals surface area (Å²) >= 11 is 3.31. The third kappa shape index (κ3) is 3.40. The largest absolute Gasteiger partial charge is 0.452 e. The Morgan fingerprint density at radius 1 is 1.05 bits per heavy atom. The molecule has 0 N–H and O–H groups in total. The second kappa shape index (κ2) is 6.53. The van der Waals surface area contributed by atoms with E-state index in [2.05, 4.69) is 26.1 Å². The lowest BCUT2D eigenvalue weighted by atomic mass is 10.2. The molecule has 0 aliphatic rings. The average molecular weight is 359 g/mol. The van der Waals surface area contributed by atoms with E-state index < -0.39 is 5.97 Å². The zero-order valence-corrected chi connectivity index (χ0v) is 13.0. The van der Waals surface area contributed by atoms with E-state index in [4.69, 9.17) is 9.15 Å². The number of halogens is 1. The van der Waals surface area contributed by atoms with Crippen LogP contribution in [0.2, 0.25) is 0 Å². The highest BCUT2D eigenvalue weighted by Crippen LogP contribution is 2.17. The molecular formula is C16H11BrN2O3. The molecule has 0 bridgehead atoms. The predicted octanol–water partition coefficient (Wildman–Crippen LogP) is 3.86. The molecule has 0 aliphatic carbocycles. The van der Waals surface area contributed by atoms with Crippen molar-refractivity contribution in [2.75, 3.05) is 0 Å². The molecule has 1 heterocycles. The lowest BCUT2D eigenvalue weighted by molar-refractivity contribution is 0.0438. The first-order valence-electron chi connectivity index (χ1n) is 6.53. The highest BCUT2D eigenvalue weighted by atomic mass is 79.9. The summed E-state index contributed by atoms with van der Waals surface area (Å²) in [6.45, 7) is -0.0608. The monoisotopic (exact) mass is 358 g/mol. The van der Waals surface area contributed by atoms with Gasteiger partial charge in [-0.1, -0.05) is 34.1 Å². The van der Waals surface area contributed by atoms with Crippen molar-refractivity contribution in [2.24, 2.45) is 0 Å². The van der Waals surface area contributed by atoms with Gasteiger partial charge >= 0.3 is 5.97 Å². The number of rotatable bonds is 4. The number of hydrogen-bond acceptors (Lipinski definition) is 5. The van der Waals surface area contributed by atoms with Crippen LogP contribution in [0.15, 0.2) is 63.5 Å². The van der Waals surface area contributed by atoms with Gasteiger partial charge in [0, 0.05) is 10.0 Å². The molecule has 3 aromatic rings. The van der Waals surface area contributed by atoms with Crippen LogP contribution < -0.4 is 0 Å². The fraction of sp³-hybridized carbons (Fsp3) is 0.0625. The fourth-order valence-corrected chi connectivity index (χ4v) is 2.07. The Bertz CT molecular complexity index is 770. The number of aromatic nitrogens is 2. The summed E-state index contributed by atoms with van der Waals surface area (Å²) in [7, 11) is 0. The molecule has 6 heteroatoms. The summed E-state index contributed by atoms with van der Waals surface area (Å²) in [5.74, 6) is 0.214. The summed E-state index contributed by atoms with van der Waals surface area (Å²) in [5.41, 5.74) is 1.28. The Kier molecular flexibility index (Phi) is 4.29. The van der Waals surface area contributed by atoms with Crippen molar-refractivity contribution in [3.05, 3.63) is 70.5 Å². The minimum atomic E-state index is -0.438. The van der Waals surface area contributed by atoms with Gasteiger partial charge in [0.1, 0.15) is 0 Å². The predicted molar refractivity (Wildman–Crippen MR) is 83.0 cm³/mol. The van der Waals surface area contributed by atoms with E-state index in [0.29, 0.717) is 11.5 Å². The lowest BCUT2D eigenvalue weighted by Gasteiger charge is -2.01. The Hall–Kier alpha value is -2.47. The Morgan fingerprint density at radius 3 is 2.50 bits per heavy atom. The molecule has 5 nitrogen and oxygen atoms in total. The van der Waals surface area contributed by atoms with Crippen LogP contribution >= 0.6 is 15.9 Å². The standard InChI is InChI=1S/C16H11BrN2O3/c17-13-8-6-12(7-9-13)16(20)21-10-14-18-19-15(22-14)11-4-2-1-3-5-11/h1-9H,10H2. The molecule has 0 radical (unpaired) electrons. The number of hydrogen-bond donors (Lipinski definition) is 0. The first kappa shape index (κ1) is 14.5. The average Bonchev–Trinajstić information content (AvgIpc) is 3.03. The molecule has 0 aliphatic heterocycles. The Morgan fingerprint density at radius 2 is 1.77 bits per heavy atom. The number of nitrogens with zero attached hydrogens (tertiary/aromatic N) is 2. The van der Waals surface area contributed by atoms with E-state index in [1.54, 1.807) is 24.3 Å². The van der Waals surface area contributed by atoms with Crippen molar-refractivity contribution in [1.29, 1.82) is 0 Å². The van der Waals surface area contributed by atoms with Gasteiger partial charge in [0.25, 0.3) is 5.89 Å². The number of ether oxygens (including phenoxy) is 1. The quantitative estimate of drug-likeness (QED) is 0.662. The Labute approximate surface area is 135 Å². The van der Waals surface area contributed by atoms with Gasteiger partial charge in [0.15, 0.2) is 6.61 Å². The van der Waals surface area contributed by atoms with Crippen molar-refractivity contribution in [3.8, 4) is 11.5 Å². The van der Waals surface area contributed by atoms with E-state index >= 15 is 0 Å². The smallest absolute Gasteiger partial charge is 0.338 e. The van der Waals surface area contributed by atoms with Crippen LogP contribution in [0.4, 0.5) is 0 Å². The minimum Gasteiger partial charge on any atom is -0.452 e. The van der Waals surface area contributed by atoms with Gasteiger partial charge in [-0.3, -0.25) is 0 Å². The van der Waals surface area contributed by atoms with Crippen LogP contribution in [0.1, 0.15) is 16.2 Å². The van der Waals surface area contributed by atoms with E-state index in [1.165, 1.54) is 0 Å². The summed E-state index contributed by atoms with van der Waals surface area (Å²) in [6.07, 6.45) is 0. The van der Waals surface area contributed by atoms with Crippen LogP contribution in [0.5, 0.6) is 0 Å². The minimum absolute atomic E-state index is 0.0608. The van der Waals surface area contributed by atoms with Gasteiger partial charge in [-0.2, -0.15) is 0 Å². The van der Waals surface area contributed by atoms with E-state index in [9.17, 15) is 4.79 Å². The lowest BCUT2D eigenvalue weighted by Crippen LogP contribution is -2.05. The molecule has 0 unspecified atom stereocenters. The third-order valence-corrected chi connectivity index (χ3v) is 3.42. The van der Waals surface area contributed by atoms with Gasteiger partial charge in [-0.05, 0) is 36.4 Å². The number of benzene rings is 2. The summed E-state index contributed by atoms with van der Waals surface area (Å²) < 4.78 is 11.5. The maximum Gasteiger partial charge on any atom is 0.338 e. The molecule has 3 rings (SSSR count). The molecule has 2 aromatic carbocycles. The molecule has 0 saturated carbocycles. The molecule has 110 valence electrons. The molecule has 0 saturated heterocycles. The van der Waals surface area contributed by atoms with Gasteiger partial charge in [0.05, 0.1) is 5.56 Å². The van der Waals surface area contributed by atoms with E-state index in [-0.39, 0.29) is 12.5 Å². The van der Waals surface area contributed by atoms with Crippen LogP contribution in [-0.4, -0.2) is 16.2 Å². The normalized spacial score (nSPS) is 10.4. The Balaban J connectivity index is 1.64. The molecular weight excluding hydrogens is 348 g/mol.